The average molecular weight is 348 g/mol. The first-order chi connectivity index (χ1) is 12.0. The largest absolute Gasteiger partial charge is 0.416 e. The fourth-order valence-corrected chi connectivity index (χ4v) is 2.91. The average Bonchev–Trinajstić information content (AvgIpc) is 3.05. The van der Waals surface area contributed by atoms with Crippen molar-refractivity contribution in [2.75, 3.05) is 31.1 Å². The summed E-state index contributed by atoms with van der Waals surface area (Å²) >= 11 is 0. The number of fused-ring (bicyclic) bond motifs is 1. The zero-order valence-electron chi connectivity index (χ0n) is 13.1. The molecule has 1 saturated heterocycles. The summed E-state index contributed by atoms with van der Waals surface area (Å²) in [7, 11) is 0. The van der Waals surface area contributed by atoms with E-state index in [1.165, 1.54) is 0 Å². The minimum atomic E-state index is -4.45. The smallest absolute Gasteiger partial charge is 0.354 e. The van der Waals surface area contributed by atoms with E-state index in [9.17, 15) is 13.2 Å². The Bertz CT molecular complexity index is 898. The Balaban J connectivity index is 1.86. The van der Waals surface area contributed by atoms with Gasteiger partial charge in [0.15, 0.2) is 5.65 Å². The summed E-state index contributed by atoms with van der Waals surface area (Å²) in [5, 5.41) is 10.7. The number of piperazine rings is 1. The van der Waals surface area contributed by atoms with Crippen molar-refractivity contribution in [1.82, 2.24) is 25.5 Å². The minimum absolute atomic E-state index is 0.183. The molecule has 1 aliphatic rings. The number of alkyl halides is 3. The standard InChI is InChI=1S/C16H15F3N6/c17-16(18,19)10-8-12(14-11-2-1-3-21-15(11)24-23-14)22-13(9-10)25-6-4-20-5-7-25/h1-3,8-9,20H,4-7H2,(H,21,23,24). The quantitative estimate of drug-likeness (QED) is 0.744. The van der Waals surface area contributed by atoms with Gasteiger partial charge in [-0.25, -0.2) is 9.97 Å². The van der Waals surface area contributed by atoms with E-state index in [0.29, 0.717) is 48.7 Å². The molecule has 0 aromatic carbocycles. The molecule has 1 aliphatic heterocycles. The van der Waals surface area contributed by atoms with Crippen LogP contribution in [0.1, 0.15) is 5.56 Å². The topological polar surface area (TPSA) is 69.7 Å². The van der Waals surface area contributed by atoms with Crippen LogP contribution in [0.3, 0.4) is 0 Å². The van der Waals surface area contributed by atoms with Gasteiger partial charge in [0.1, 0.15) is 11.5 Å². The fraction of sp³-hybridized carbons (Fsp3) is 0.312. The van der Waals surface area contributed by atoms with Gasteiger partial charge in [-0.2, -0.15) is 18.3 Å². The molecule has 25 heavy (non-hydrogen) atoms. The predicted molar refractivity (Wildman–Crippen MR) is 87.2 cm³/mol. The maximum Gasteiger partial charge on any atom is 0.416 e. The van der Waals surface area contributed by atoms with Gasteiger partial charge in [0, 0.05) is 37.8 Å². The summed E-state index contributed by atoms with van der Waals surface area (Å²) in [4.78, 5) is 10.4. The van der Waals surface area contributed by atoms with E-state index in [2.05, 4.69) is 25.5 Å². The van der Waals surface area contributed by atoms with Gasteiger partial charge < -0.3 is 10.2 Å². The zero-order chi connectivity index (χ0) is 17.4. The summed E-state index contributed by atoms with van der Waals surface area (Å²) < 4.78 is 40.1. The molecule has 0 unspecified atom stereocenters. The first kappa shape index (κ1) is 15.8. The highest BCUT2D eigenvalue weighted by molar-refractivity contribution is 5.89. The van der Waals surface area contributed by atoms with Crippen molar-refractivity contribution in [2.24, 2.45) is 0 Å². The van der Waals surface area contributed by atoms with Crippen molar-refractivity contribution in [3.8, 4) is 11.4 Å². The lowest BCUT2D eigenvalue weighted by Gasteiger charge is -2.29. The second-order valence-electron chi connectivity index (χ2n) is 5.81. The number of H-pyrrole nitrogens is 1. The van der Waals surface area contributed by atoms with Gasteiger partial charge in [-0.3, -0.25) is 5.10 Å². The molecule has 0 amide bonds. The molecular formula is C16H15F3N6. The molecule has 0 atom stereocenters. The molecule has 0 spiro atoms. The third kappa shape index (κ3) is 3.02. The van der Waals surface area contributed by atoms with E-state index in [1.807, 2.05) is 4.90 Å². The molecule has 0 radical (unpaired) electrons. The van der Waals surface area contributed by atoms with Gasteiger partial charge in [0.05, 0.1) is 11.3 Å². The Kier molecular flexibility index (Phi) is 3.79. The molecule has 0 bridgehead atoms. The third-order valence-electron chi connectivity index (χ3n) is 4.16. The molecule has 1 fully saturated rings. The van der Waals surface area contributed by atoms with E-state index >= 15 is 0 Å². The number of pyridine rings is 2. The summed E-state index contributed by atoms with van der Waals surface area (Å²) in [6, 6.07) is 5.61. The van der Waals surface area contributed by atoms with Crippen molar-refractivity contribution in [3.63, 3.8) is 0 Å². The van der Waals surface area contributed by atoms with Crippen LogP contribution in [0.25, 0.3) is 22.4 Å². The van der Waals surface area contributed by atoms with Crippen LogP contribution >= 0.6 is 0 Å². The molecule has 4 rings (SSSR count). The van der Waals surface area contributed by atoms with Crippen molar-refractivity contribution in [2.45, 2.75) is 6.18 Å². The lowest BCUT2D eigenvalue weighted by molar-refractivity contribution is -0.137. The van der Waals surface area contributed by atoms with Crippen molar-refractivity contribution < 1.29 is 13.2 Å². The third-order valence-corrected chi connectivity index (χ3v) is 4.16. The molecule has 2 N–H and O–H groups in total. The van der Waals surface area contributed by atoms with Gasteiger partial charge in [-0.05, 0) is 24.3 Å². The highest BCUT2D eigenvalue weighted by Crippen LogP contribution is 2.35. The molecule has 0 saturated carbocycles. The first-order valence-electron chi connectivity index (χ1n) is 7.87. The summed E-state index contributed by atoms with van der Waals surface area (Å²) in [5.41, 5.74) is 0.333. The fourth-order valence-electron chi connectivity index (χ4n) is 2.91. The Labute approximate surface area is 141 Å². The SMILES string of the molecule is FC(F)(F)c1cc(-c2n[nH]c3ncccc23)nc(N2CCNCC2)c1. The van der Waals surface area contributed by atoms with Crippen LogP contribution in [-0.2, 0) is 6.18 Å². The number of hydrogen-bond acceptors (Lipinski definition) is 5. The molecule has 9 heteroatoms. The molecule has 4 heterocycles. The Morgan fingerprint density at radius 3 is 2.68 bits per heavy atom. The van der Waals surface area contributed by atoms with Crippen molar-refractivity contribution in [1.29, 1.82) is 0 Å². The maximum absolute atomic E-state index is 13.4. The molecule has 3 aromatic heterocycles. The molecule has 130 valence electrons. The number of halogens is 3. The van der Waals surface area contributed by atoms with Crippen molar-refractivity contribution >= 4 is 16.9 Å². The van der Waals surface area contributed by atoms with Gasteiger partial charge in [0.25, 0.3) is 0 Å². The van der Waals surface area contributed by atoms with E-state index < -0.39 is 11.7 Å². The summed E-state index contributed by atoms with van der Waals surface area (Å²) in [6.07, 6.45) is -2.86. The minimum Gasteiger partial charge on any atom is -0.354 e. The molecule has 0 aliphatic carbocycles. The highest BCUT2D eigenvalue weighted by atomic mass is 19.4. The zero-order valence-corrected chi connectivity index (χ0v) is 13.1. The van der Waals surface area contributed by atoms with Gasteiger partial charge in [-0.1, -0.05) is 0 Å². The van der Waals surface area contributed by atoms with E-state index in [-0.39, 0.29) is 5.69 Å². The maximum atomic E-state index is 13.4. The molecule has 6 nitrogen and oxygen atoms in total. The lowest BCUT2D eigenvalue weighted by Crippen LogP contribution is -2.44. The Morgan fingerprint density at radius 2 is 1.92 bits per heavy atom. The number of nitrogens with zero attached hydrogens (tertiary/aromatic N) is 4. The van der Waals surface area contributed by atoms with Crippen LogP contribution < -0.4 is 10.2 Å². The monoisotopic (exact) mass is 348 g/mol. The number of nitrogens with one attached hydrogen (secondary N) is 2. The normalized spacial score (nSPS) is 15.7. The van der Waals surface area contributed by atoms with Crippen LogP contribution in [0.15, 0.2) is 30.5 Å². The number of aromatic amines is 1. The second-order valence-corrected chi connectivity index (χ2v) is 5.81. The number of rotatable bonds is 2. The van der Waals surface area contributed by atoms with Crippen molar-refractivity contribution in [3.05, 3.63) is 36.0 Å². The summed E-state index contributed by atoms with van der Waals surface area (Å²) in [5.74, 6) is 0.311. The number of aromatic nitrogens is 4. The van der Waals surface area contributed by atoms with Gasteiger partial charge in [0.2, 0.25) is 0 Å². The predicted octanol–water partition coefficient (Wildman–Crippen LogP) is 2.45. The Hall–Kier alpha value is -2.68. The number of anilines is 1. The lowest BCUT2D eigenvalue weighted by atomic mass is 10.1. The van der Waals surface area contributed by atoms with Gasteiger partial charge in [-0.15, -0.1) is 0 Å². The molecule has 3 aromatic rings. The highest BCUT2D eigenvalue weighted by Gasteiger charge is 2.33. The van der Waals surface area contributed by atoms with Crippen LogP contribution in [-0.4, -0.2) is 46.3 Å². The van der Waals surface area contributed by atoms with Gasteiger partial charge >= 0.3 is 6.18 Å². The molecular weight excluding hydrogens is 333 g/mol. The number of hydrogen-bond donors (Lipinski definition) is 2. The van der Waals surface area contributed by atoms with E-state index in [0.717, 1.165) is 12.1 Å². The van der Waals surface area contributed by atoms with E-state index in [1.54, 1.807) is 18.3 Å². The van der Waals surface area contributed by atoms with Crippen LogP contribution in [0.4, 0.5) is 19.0 Å². The summed E-state index contributed by atoms with van der Waals surface area (Å²) in [6.45, 7) is 2.64. The van der Waals surface area contributed by atoms with E-state index in [4.69, 9.17) is 0 Å². The first-order valence-corrected chi connectivity index (χ1v) is 7.87. The second kappa shape index (κ2) is 5.99. The van der Waals surface area contributed by atoms with Crippen LogP contribution in [0.5, 0.6) is 0 Å². The van der Waals surface area contributed by atoms with Crippen LogP contribution in [0, 0.1) is 0 Å². The van der Waals surface area contributed by atoms with Crippen LogP contribution in [0.2, 0.25) is 0 Å². The Morgan fingerprint density at radius 1 is 1.12 bits per heavy atom.